The number of aliphatic imine (C=N–C) groups is 1. The van der Waals surface area contributed by atoms with E-state index in [0.717, 1.165) is 16.5 Å². The number of unbranched alkanes of at least 4 members (excludes halogenated alkanes) is 1. The number of aliphatic carboxylic acids is 1. The van der Waals surface area contributed by atoms with Crippen molar-refractivity contribution in [1.82, 2.24) is 25.8 Å². The second kappa shape index (κ2) is 17.2. The number of alkyl carbamates (subject to hydrolysis) is 2. The number of carboxylic acids is 1. The molecule has 0 fully saturated rings. The predicted octanol–water partition coefficient (Wildman–Crippen LogP) is 3.76. The van der Waals surface area contributed by atoms with Gasteiger partial charge < -0.3 is 29.8 Å². The molecule has 0 saturated carbocycles. The highest BCUT2D eigenvalue weighted by Gasteiger charge is 2.24. The molecule has 1 aromatic carbocycles. The van der Waals surface area contributed by atoms with E-state index in [2.05, 4.69) is 26.3 Å². The Balaban J connectivity index is 2.01. The normalized spacial score (nSPS) is 12.1. The number of nitrogens with one attached hydrogen (secondary N) is 4. The van der Waals surface area contributed by atoms with E-state index in [9.17, 15) is 24.0 Å². The van der Waals surface area contributed by atoms with Crippen LogP contribution in [-0.2, 0) is 37.3 Å². The van der Waals surface area contributed by atoms with Crippen LogP contribution in [0.3, 0.4) is 0 Å². The molecule has 0 radical (unpaired) electrons. The Morgan fingerprint density at radius 3 is 2.09 bits per heavy atom. The summed E-state index contributed by atoms with van der Waals surface area (Å²) in [5.41, 5.74) is 0.360. The highest BCUT2D eigenvalue weighted by molar-refractivity contribution is 6.01. The van der Waals surface area contributed by atoms with Crippen molar-refractivity contribution in [2.45, 2.75) is 97.3 Å². The summed E-state index contributed by atoms with van der Waals surface area (Å²) in [4.78, 5) is 65.5. The molecule has 0 spiro atoms. The Hall–Kier alpha value is -4.62. The number of ether oxygens (including phenoxy) is 2. The van der Waals surface area contributed by atoms with Gasteiger partial charge in [-0.15, -0.1) is 0 Å². The number of hydrogen-bond donors (Lipinski definition) is 5. The number of benzene rings is 1. The Labute approximate surface area is 269 Å². The Morgan fingerprint density at radius 2 is 1.50 bits per heavy atom. The van der Waals surface area contributed by atoms with E-state index in [1.54, 1.807) is 41.5 Å². The zero-order chi connectivity index (χ0) is 34.5. The van der Waals surface area contributed by atoms with Gasteiger partial charge >= 0.3 is 18.2 Å². The molecule has 1 atom stereocenters. The molecule has 14 heteroatoms. The van der Waals surface area contributed by atoms with Gasteiger partial charge in [0.25, 0.3) is 0 Å². The maximum Gasteiger partial charge on any atom is 0.414 e. The van der Waals surface area contributed by atoms with Gasteiger partial charge in [-0.25, -0.2) is 9.59 Å². The molecule has 2 aromatic rings. The fourth-order valence-electron chi connectivity index (χ4n) is 4.36. The van der Waals surface area contributed by atoms with Crippen molar-refractivity contribution in [1.29, 1.82) is 0 Å². The zero-order valence-corrected chi connectivity index (χ0v) is 27.8. The van der Waals surface area contributed by atoms with Gasteiger partial charge in [0.1, 0.15) is 17.2 Å². The van der Waals surface area contributed by atoms with E-state index in [0.29, 0.717) is 12.8 Å². The highest BCUT2D eigenvalue weighted by Crippen LogP contribution is 2.22. The lowest BCUT2D eigenvalue weighted by Gasteiger charge is -2.22. The van der Waals surface area contributed by atoms with Crippen LogP contribution in [0.2, 0.25) is 0 Å². The maximum absolute atomic E-state index is 13.2. The third-order valence-corrected chi connectivity index (χ3v) is 6.24. The van der Waals surface area contributed by atoms with Crippen LogP contribution in [-0.4, -0.2) is 75.9 Å². The number of aromatic nitrogens is 1. The van der Waals surface area contributed by atoms with Crippen LogP contribution in [0.25, 0.3) is 10.9 Å². The molecule has 14 nitrogen and oxygen atoms in total. The molecule has 254 valence electrons. The molecule has 5 N–H and O–H groups in total. The molecule has 46 heavy (non-hydrogen) atoms. The molecule has 2 rings (SSSR count). The fraction of sp³-hybridized carbons (Fsp3) is 0.562. The van der Waals surface area contributed by atoms with Crippen LogP contribution in [0.4, 0.5) is 9.59 Å². The van der Waals surface area contributed by atoms with Gasteiger partial charge in [0.15, 0.2) is 0 Å². The highest BCUT2D eigenvalue weighted by atomic mass is 16.6. The zero-order valence-electron chi connectivity index (χ0n) is 27.8. The average Bonchev–Trinajstić information content (AvgIpc) is 3.22. The number of nitrogens with zero attached hydrogens (tertiary/aromatic N) is 2. The van der Waals surface area contributed by atoms with Gasteiger partial charge in [-0.1, -0.05) is 18.2 Å². The molecule has 0 aliphatic rings. The summed E-state index contributed by atoms with van der Waals surface area (Å²) in [7, 11) is 1.91. The topological polar surface area (TPSA) is 189 Å². The number of para-hydroxylation sites is 1. The molecule has 0 aliphatic heterocycles. The molecular formula is C32H48N6O8. The molecule has 0 aliphatic carbocycles. The first-order valence-electron chi connectivity index (χ1n) is 15.3. The minimum absolute atomic E-state index is 0.0133. The van der Waals surface area contributed by atoms with E-state index in [-0.39, 0.29) is 50.6 Å². The second-order valence-electron chi connectivity index (χ2n) is 12.8. The number of guanidine groups is 1. The lowest BCUT2D eigenvalue weighted by Crippen LogP contribution is -2.48. The first kappa shape index (κ1) is 37.6. The summed E-state index contributed by atoms with van der Waals surface area (Å²) in [6.45, 7) is 10.7. The summed E-state index contributed by atoms with van der Waals surface area (Å²) in [6.07, 6.45) is 1.59. The van der Waals surface area contributed by atoms with Crippen molar-refractivity contribution in [2.75, 3.05) is 13.1 Å². The van der Waals surface area contributed by atoms with Gasteiger partial charge in [0, 0.05) is 56.5 Å². The smallest absolute Gasteiger partial charge is 0.414 e. The number of carbonyl (C=O) groups excluding carboxylic acids is 4. The third kappa shape index (κ3) is 14.4. The molecule has 0 bridgehead atoms. The van der Waals surface area contributed by atoms with Crippen molar-refractivity contribution in [2.24, 2.45) is 12.0 Å². The number of carboxylic acid groups (broad SMARTS) is 1. The average molecular weight is 645 g/mol. The first-order valence-corrected chi connectivity index (χ1v) is 15.3. The predicted molar refractivity (Wildman–Crippen MR) is 173 cm³/mol. The number of aryl methyl sites for hydroxylation is 1. The first-order chi connectivity index (χ1) is 21.4. The summed E-state index contributed by atoms with van der Waals surface area (Å²) in [5.74, 6) is -1.90. The van der Waals surface area contributed by atoms with E-state index in [1.807, 2.05) is 42.1 Å². The van der Waals surface area contributed by atoms with E-state index in [4.69, 9.17) is 14.6 Å². The van der Waals surface area contributed by atoms with Gasteiger partial charge in [0.2, 0.25) is 17.8 Å². The number of fused-ring (bicyclic) bond motifs is 1. The maximum atomic E-state index is 13.2. The fourth-order valence-corrected chi connectivity index (χ4v) is 4.36. The molecule has 0 saturated heterocycles. The SMILES string of the molecule is Cn1cc(CC(NC(=O)CCCC(=O)O)C(=O)NCCCCN=C(NC(=O)OC(C)(C)C)NC(=O)OC(C)(C)C)c2ccccc21. The largest absolute Gasteiger partial charge is 0.481 e. The second-order valence-corrected chi connectivity index (χ2v) is 12.8. The van der Waals surface area contributed by atoms with Crippen molar-refractivity contribution in [3.63, 3.8) is 0 Å². The van der Waals surface area contributed by atoms with Gasteiger partial charge in [-0.05, 0) is 72.4 Å². The minimum atomic E-state index is -0.990. The van der Waals surface area contributed by atoms with E-state index < -0.39 is 41.3 Å². The summed E-state index contributed by atoms with van der Waals surface area (Å²) in [5, 5.41) is 20.3. The number of amides is 4. The monoisotopic (exact) mass is 644 g/mol. The standard InChI is InChI=1S/C32H48N6O8/c1-31(2,3)45-29(43)36-28(37-30(44)46-32(4,5)6)34-18-11-10-17-33-27(42)23(35-25(39)15-12-16-26(40)41)19-21-20-38(7)24-14-9-8-13-22(21)24/h8-9,13-14,20,23H,10-12,15-19H2,1-7H3,(H,33,42)(H,35,39)(H,40,41)(H2,34,36,37,43,44). The van der Waals surface area contributed by atoms with Crippen molar-refractivity contribution in [3.05, 3.63) is 36.0 Å². The van der Waals surface area contributed by atoms with Crippen LogP contribution < -0.4 is 21.3 Å². The Kier molecular flexibility index (Phi) is 14.0. The number of carbonyl (C=O) groups is 5. The molecule has 4 amide bonds. The minimum Gasteiger partial charge on any atom is -0.481 e. The molecule has 1 heterocycles. The lowest BCUT2D eigenvalue weighted by molar-refractivity contribution is -0.137. The summed E-state index contributed by atoms with van der Waals surface area (Å²) >= 11 is 0. The van der Waals surface area contributed by atoms with E-state index in [1.165, 1.54) is 0 Å². The van der Waals surface area contributed by atoms with Crippen LogP contribution in [0, 0.1) is 0 Å². The van der Waals surface area contributed by atoms with Crippen LogP contribution in [0.15, 0.2) is 35.5 Å². The third-order valence-electron chi connectivity index (χ3n) is 6.24. The van der Waals surface area contributed by atoms with Crippen LogP contribution >= 0.6 is 0 Å². The van der Waals surface area contributed by atoms with Gasteiger partial charge in [-0.2, -0.15) is 0 Å². The van der Waals surface area contributed by atoms with Crippen LogP contribution in [0.5, 0.6) is 0 Å². The summed E-state index contributed by atoms with van der Waals surface area (Å²) < 4.78 is 12.4. The van der Waals surface area contributed by atoms with Gasteiger partial charge in [-0.3, -0.25) is 30.0 Å². The van der Waals surface area contributed by atoms with Crippen LogP contribution in [0.1, 0.15) is 79.2 Å². The number of hydrogen-bond acceptors (Lipinski definition) is 8. The van der Waals surface area contributed by atoms with Crippen molar-refractivity contribution in [3.8, 4) is 0 Å². The van der Waals surface area contributed by atoms with Crippen molar-refractivity contribution >= 4 is 46.8 Å². The van der Waals surface area contributed by atoms with E-state index >= 15 is 0 Å². The quantitative estimate of drug-likeness (QED) is 0.124. The Morgan fingerprint density at radius 1 is 0.891 bits per heavy atom. The lowest BCUT2D eigenvalue weighted by atomic mass is 10.0. The molecule has 1 aromatic heterocycles. The number of rotatable bonds is 13. The molecule has 1 unspecified atom stereocenters. The molecular weight excluding hydrogens is 596 g/mol. The Bertz CT molecular complexity index is 1370. The summed E-state index contributed by atoms with van der Waals surface area (Å²) in [6, 6.07) is 6.89. The van der Waals surface area contributed by atoms with Gasteiger partial charge in [0.05, 0.1) is 0 Å². The van der Waals surface area contributed by atoms with Crippen molar-refractivity contribution < 1.29 is 38.6 Å².